The summed E-state index contributed by atoms with van der Waals surface area (Å²) in [6.45, 7) is 3.83. The number of primary amides is 1. The van der Waals surface area contributed by atoms with Crippen molar-refractivity contribution in [3.63, 3.8) is 0 Å². The zero-order valence-electron chi connectivity index (χ0n) is 8.41. The largest absolute Gasteiger partial charge is 0.381 e. The molecule has 0 fully saturated rings. The van der Waals surface area contributed by atoms with Gasteiger partial charge in [0.2, 0.25) is 11.8 Å². The van der Waals surface area contributed by atoms with Gasteiger partial charge < -0.3 is 21.5 Å². The SMILES string of the molecule is CC(C)NCC(=O)NCC(O)C(N)=O. The summed E-state index contributed by atoms with van der Waals surface area (Å²) < 4.78 is 0. The Kier molecular flexibility index (Phi) is 5.82. The van der Waals surface area contributed by atoms with E-state index in [1.54, 1.807) is 0 Å². The Labute approximate surface area is 82.9 Å². The van der Waals surface area contributed by atoms with Gasteiger partial charge in [0.1, 0.15) is 6.10 Å². The third-order valence-electron chi connectivity index (χ3n) is 1.49. The van der Waals surface area contributed by atoms with E-state index in [4.69, 9.17) is 10.8 Å². The first kappa shape index (κ1) is 12.9. The predicted molar refractivity (Wildman–Crippen MR) is 51.3 cm³/mol. The maximum absolute atomic E-state index is 11.0. The summed E-state index contributed by atoms with van der Waals surface area (Å²) in [6.07, 6.45) is -1.32. The van der Waals surface area contributed by atoms with Crippen LogP contribution in [0.3, 0.4) is 0 Å². The summed E-state index contributed by atoms with van der Waals surface area (Å²) in [5.41, 5.74) is 4.79. The number of aliphatic hydroxyl groups excluding tert-OH is 1. The van der Waals surface area contributed by atoms with Gasteiger partial charge in [-0.2, -0.15) is 0 Å². The highest BCUT2D eigenvalue weighted by atomic mass is 16.3. The zero-order valence-corrected chi connectivity index (χ0v) is 8.41. The number of carbonyl (C=O) groups is 2. The van der Waals surface area contributed by atoms with Crippen molar-refractivity contribution < 1.29 is 14.7 Å². The fourth-order valence-electron chi connectivity index (χ4n) is 0.670. The molecule has 0 aliphatic carbocycles. The van der Waals surface area contributed by atoms with Gasteiger partial charge in [-0.1, -0.05) is 13.8 Å². The molecule has 0 rings (SSSR count). The van der Waals surface area contributed by atoms with Crippen molar-refractivity contribution in [1.82, 2.24) is 10.6 Å². The maximum atomic E-state index is 11.0. The van der Waals surface area contributed by atoms with Gasteiger partial charge in [0.05, 0.1) is 13.1 Å². The summed E-state index contributed by atoms with van der Waals surface area (Å²) in [5.74, 6) is -1.12. The molecule has 6 heteroatoms. The molecule has 0 aromatic carbocycles. The van der Waals surface area contributed by atoms with Gasteiger partial charge in [-0.25, -0.2) is 0 Å². The maximum Gasteiger partial charge on any atom is 0.248 e. The lowest BCUT2D eigenvalue weighted by Crippen LogP contribution is -2.43. The molecule has 0 heterocycles. The van der Waals surface area contributed by atoms with Crippen LogP contribution in [0.5, 0.6) is 0 Å². The number of carbonyl (C=O) groups excluding carboxylic acids is 2. The van der Waals surface area contributed by atoms with Crippen molar-refractivity contribution in [2.75, 3.05) is 13.1 Å². The third kappa shape index (κ3) is 6.38. The Morgan fingerprint density at radius 1 is 1.43 bits per heavy atom. The molecular formula is C8H17N3O3. The van der Waals surface area contributed by atoms with Crippen LogP contribution in [-0.2, 0) is 9.59 Å². The van der Waals surface area contributed by atoms with Crippen LogP contribution in [0.15, 0.2) is 0 Å². The van der Waals surface area contributed by atoms with Crippen LogP contribution in [0.2, 0.25) is 0 Å². The van der Waals surface area contributed by atoms with Crippen LogP contribution in [0.1, 0.15) is 13.8 Å². The summed E-state index contributed by atoms with van der Waals surface area (Å²) in [6, 6.07) is 0.210. The molecule has 0 saturated heterocycles. The van der Waals surface area contributed by atoms with Crippen LogP contribution in [0.25, 0.3) is 0 Å². The van der Waals surface area contributed by atoms with E-state index in [-0.39, 0.29) is 25.0 Å². The predicted octanol–water partition coefficient (Wildman–Crippen LogP) is -2.05. The number of hydrogen-bond donors (Lipinski definition) is 4. The van der Waals surface area contributed by atoms with Crippen LogP contribution < -0.4 is 16.4 Å². The average Bonchev–Trinajstić information content (AvgIpc) is 2.10. The van der Waals surface area contributed by atoms with Crippen LogP contribution in [0.4, 0.5) is 0 Å². The quantitative estimate of drug-likeness (QED) is 0.398. The van der Waals surface area contributed by atoms with Crippen molar-refractivity contribution in [1.29, 1.82) is 0 Å². The van der Waals surface area contributed by atoms with E-state index in [9.17, 15) is 9.59 Å². The molecule has 6 nitrogen and oxygen atoms in total. The van der Waals surface area contributed by atoms with E-state index in [1.807, 2.05) is 13.8 Å². The van der Waals surface area contributed by atoms with Crippen molar-refractivity contribution in [3.8, 4) is 0 Å². The Hall–Kier alpha value is -1.14. The molecule has 1 atom stereocenters. The minimum Gasteiger partial charge on any atom is -0.381 e. The molecular weight excluding hydrogens is 186 g/mol. The van der Waals surface area contributed by atoms with E-state index in [0.717, 1.165) is 0 Å². The molecule has 0 aromatic rings. The fraction of sp³-hybridized carbons (Fsp3) is 0.750. The first-order valence-corrected chi connectivity index (χ1v) is 4.41. The Bertz CT molecular complexity index is 206. The highest BCUT2D eigenvalue weighted by molar-refractivity contribution is 5.81. The molecule has 1 unspecified atom stereocenters. The Morgan fingerprint density at radius 3 is 2.43 bits per heavy atom. The lowest BCUT2D eigenvalue weighted by atomic mass is 10.3. The molecule has 0 aromatic heterocycles. The van der Waals surface area contributed by atoms with Gasteiger partial charge in [-0.3, -0.25) is 9.59 Å². The lowest BCUT2D eigenvalue weighted by molar-refractivity contribution is -0.126. The minimum atomic E-state index is -1.32. The summed E-state index contributed by atoms with van der Waals surface area (Å²) in [4.78, 5) is 21.4. The average molecular weight is 203 g/mol. The Morgan fingerprint density at radius 2 is 2.00 bits per heavy atom. The minimum absolute atomic E-state index is 0.145. The number of amides is 2. The number of nitrogens with two attached hydrogens (primary N) is 1. The molecule has 0 radical (unpaired) electrons. The summed E-state index contributed by atoms with van der Waals surface area (Å²) in [5, 5.41) is 14.2. The molecule has 82 valence electrons. The fourth-order valence-corrected chi connectivity index (χ4v) is 0.670. The van der Waals surface area contributed by atoms with Crippen molar-refractivity contribution >= 4 is 11.8 Å². The second kappa shape index (κ2) is 6.33. The molecule has 5 N–H and O–H groups in total. The molecule has 0 bridgehead atoms. The zero-order chi connectivity index (χ0) is 11.1. The van der Waals surface area contributed by atoms with E-state index in [0.29, 0.717) is 0 Å². The second-order valence-corrected chi connectivity index (χ2v) is 3.26. The number of hydrogen-bond acceptors (Lipinski definition) is 4. The highest BCUT2D eigenvalue weighted by Crippen LogP contribution is 1.78. The summed E-state index contributed by atoms with van der Waals surface area (Å²) >= 11 is 0. The second-order valence-electron chi connectivity index (χ2n) is 3.26. The monoisotopic (exact) mass is 203 g/mol. The van der Waals surface area contributed by atoms with E-state index >= 15 is 0 Å². The smallest absolute Gasteiger partial charge is 0.248 e. The van der Waals surface area contributed by atoms with Crippen molar-refractivity contribution in [2.24, 2.45) is 5.73 Å². The van der Waals surface area contributed by atoms with E-state index < -0.39 is 12.0 Å². The summed E-state index contributed by atoms with van der Waals surface area (Å²) in [7, 11) is 0. The van der Waals surface area contributed by atoms with Crippen molar-refractivity contribution in [2.45, 2.75) is 26.0 Å². The standard InChI is InChI=1S/C8H17N3O3/c1-5(2)10-4-7(13)11-3-6(12)8(9)14/h5-6,10,12H,3-4H2,1-2H3,(H2,9,14)(H,11,13). The topological polar surface area (TPSA) is 104 Å². The first-order chi connectivity index (χ1) is 6.43. The third-order valence-corrected chi connectivity index (χ3v) is 1.49. The van der Waals surface area contributed by atoms with Gasteiger partial charge in [0.25, 0.3) is 0 Å². The molecule has 0 saturated carbocycles. The molecule has 2 amide bonds. The normalized spacial score (nSPS) is 12.6. The van der Waals surface area contributed by atoms with Crippen molar-refractivity contribution in [3.05, 3.63) is 0 Å². The number of rotatable bonds is 6. The van der Waals surface area contributed by atoms with Crippen LogP contribution >= 0.6 is 0 Å². The Balaban J connectivity index is 3.59. The molecule has 0 aliphatic heterocycles. The number of aliphatic hydroxyl groups is 1. The number of nitrogens with one attached hydrogen (secondary N) is 2. The van der Waals surface area contributed by atoms with Gasteiger partial charge in [-0.15, -0.1) is 0 Å². The molecule has 0 spiro atoms. The van der Waals surface area contributed by atoms with Gasteiger partial charge >= 0.3 is 0 Å². The lowest BCUT2D eigenvalue weighted by Gasteiger charge is -2.10. The van der Waals surface area contributed by atoms with E-state index in [1.165, 1.54) is 0 Å². The van der Waals surface area contributed by atoms with Gasteiger partial charge in [0, 0.05) is 6.04 Å². The highest BCUT2D eigenvalue weighted by Gasteiger charge is 2.11. The van der Waals surface area contributed by atoms with Crippen LogP contribution in [0, 0.1) is 0 Å². The van der Waals surface area contributed by atoms with E-state index in [2.05, 4.69) is 10.6 Å². The van der Waals surface area contributed by atoms with Crippen LogP contribution in [-0.4, -0.2) is 42.2 Å². The van der Waals surface area contributed by atoms with Gasteiger partial charge in [0.15, 0.2) is 0 Å². The first-order valence-electron chi connectivity index (χ1n) is 4.41. The van der Waals surface area contributed by atoms with Gasteiger partial charge in [-0.05, 0) is 0 Å². The molecule has 0 aliphatic rings. The molecule has 14 heavy (non-hydrogen) atoms.